The molecule has 0 radical (unpaired) electrons. The molecule has 3 rings (SSSR count). The van der Waals surface area contributed by atoms with E-state index in [9.17, 15) is 14.7 Å². The minimum absolute atomic E-state index is 0.0676. The highest BCUT2D eigenvalue weighted by Gasteiger charge is 2.29. The van der Waals surface area contributed by atoms with E-state index >= 15 is 0 Å². The standard InChI is InChI=1S/C17H22N2O3/c20-15-9-7-14(8-10-15)19-17(22)12-3-5-13(6-4-12)18-16(21)11-1-2-11/h3-6,11,14-15,20H,1-2,7-10H2,(H,18,21)(H,19,22). The van der Waals surface area contributed by atoms with Crippen molar-refractivity contribution in [2.24, 2.45) is 5.92 Å². The Morgan fingerprint density at radius 1 is 0.955 bits per heavy atom. The summed E-state index contributed by atoms with van der Waals surface area (Å²) in [5.74, 6) is 0.143. The highest BCUT2D eigenvalue weighted by Crippen LogP contribution is 2.30. The van der Waals surface area contributed by atoms with Gasteiger partial charge in [-0.3, -0.25) is 9.59 Å². The van der Waals surface area contributed by atoms with Crippen LogP contribution in [0.5, 0.6) is 0 Å². The molecule has 2 aliphatic carbocycles. The molecular weight excluding hydrogens is 280 g/mol. The van der Waals surface area contributed by atoms with Gasteiger partial charge in [-0.1, -0.05) is 0 Å². The predicted octanol–water partition coefficient (Wildman–Crippen LogP) is 2.07. The molecule has 0 atom stereocenters. The van der Waals surface area contributed by atoms with Crippen molar-refractivity contribution in [2.45, 2.75) is 50.7 Å². The van der Waals surface area contributed by atoms with Gasteiger partial charge in [0.05, 0.1) is 6.10 Å². The van der Waals surface area contributed by atoms with Crippen LogP contribution in [0.3, 0.4) is 0 Å². The van der Waals surface area contributed by atoms with Gasteiger partial charge in [0.2, 0.25) is 5.91 Å². The van der Waals surface area contributed by atoms with E-state index in [4.69, 9.17) is 0 Å². The van der Waals surface area contributed by atoms with Crippen LogP contribution in [-0.4, -0.2) is 29.1 Å². The molecule has 2 saturated carbocycles. The zero-order valence-corrected chi connectivity index (χ0v) is 12.5. The molecule has 5 heteroatoms. The fraction of sp³-hybridized carbons (Fsp3) is 0.529. The Balaban J connectivity index is 1.52. The Bertz CT molecular complexity index is 544. The van der Waals surface area contributed by atoms with Gasteiger partial charge in [0.25, 0.3) is 5.91 Å². The molecule has 0 saturated heterocycles. The number of nitrogens with one attached hydrogen (secondary N) is 2. The number of carbonyl (C=O) groups excluding carboxylic acids is 2. The molecule has 0 bridgehead atoms. The van der Waals surface area contributed by atoms with Gasteiger partial charge in [-0.15, -0.1) is 0 Å². The van der Waals surface area contributed by atoms with E-state index in [0.29, 0.717) is 5.56 Å². The monoisotopic (exact) mass is 302 g/mol. The second kappa shape index (κ2) is 6.48. The maximum Gasteiger partial charge on any atom is 0.251 e. The van der Waals surface area contributed by atoms with Gasteiger partial charge >= 0.3 is 0 Å². The molecule has 2 amide bonds. The van der Waals surface area contributed by atoms with Crippen LogP contribution in [-0.2, 0) is 4.79 Å². The van der Waals surface area contributed by atoms with Crippen LogP contribution in [0.2, 0.25) is 0 Å². The third-order valence-electron chi connectivity index (χ3n) is 4.39. The molecular formula is C17H22N2O3. The molecule has 0 spiro atoms. The summed E-state index contributed by atoms with van der Waals surface area (Å²) in [7, 11) is 0. The number of hydrogen-bond acceptors (Lipinski definition) is 3. The Morgan fingerprint density at radius 3 is 2.18 bits per heavy atom. The normalized spacial score (nSPS) is 24.6. The van der Waals surface area contributed by atoms with Crippen LogP contribution in [0.25, 0.3) is 0 Å². The first-order valence-electron chi connectivity index (χ1n) is 8.01. The van der Waals surface area contributed by atoms with Gasteiger partial charge in [0.1, 0.15) is 0 Å². The number of amides is 2. The zero-order chi connectivity index (χ0) is 15.5. The highest BCUT2D eigenvalue weighted by atomic mass is 16.3. The minimum atomic E-state index is -0.220. The van der Waals surface area contributed by atoms with E-state index in [1.807, 2.05) is 0 Å². The zero-order valence-electron chi connectivity index (χ0n) is 12.5. The molecule has 118 valence electrons. The largest absolute Gasteiger partial charge is 0.393 e. The Morgan fingerprint density at radius 2 is 1.59 bits per heavy atom. The van der Waals surface area contributed by atoms with E-state index in [0.717, 1.165) is 44.2 Å². The van der Waals surface area contributed by atoms with Gasteiger partial charge in [-0.2, -0.15) is 0 Å². The topological polar surface area (TPSA) is 78.4 Å². The third kappa shape index (κ3) is 3.85. The lowest BCUT2D eigenvalue weighted by molar-refractivity contribution is -0.117. The number of rotatable bonds is 4. The quantitative estimate of drug-likeness (QED) is 0.796. The first kappa shape index (κ1) is 15.0. The van der Waals surface area contributed by atoms with Crippen molar-refractivity contribution < 1.29 is 14.7 Å². The van der Waals surface area contributed by atoms with E-state index < -0.39 is 0 Å². The first-order chi connectivity index (χ1) is 10.6. The summed E-state index contributed by atoms with van der Waals surface area (Å²) in [6, 6.07) is 7.13. The summed E-state index contributed by atoms with van der Waals surface area (Å²) in [5.41, 5.74) is 1.32. The average Bonchev–Trinajstić information content (AvgIpc) is 3.35. The van der Waals surface area contributed by atoms with E-state index in [2.05, 4.69) is 10.6 Å². The number of aliphatic hydroxyl groups is 1. The van der Waals surface area contributed by atoms with Crippen molar-refractivity contribution in [3.63, 3.8) is 0 Å². The van der Waals surface area contributed by atoms with Crippen LogP contribution >= 0.6 is 0 Å². The smallest absolute Gasteiger partial charge is 0.251 e. The summed E-state index contributed by atoms with van der Waals surface area (Å²) in [5, 5.41) is 15.3. The van der Waals surface area contributed by atoms with Crippen molar-refractivity contribution >= 4 is 17.5 Å². The van der Waals surface area contributed by atoms with E-state index in [-0.39, 0.29) is 29.9 Å². The van der Waals surface area contributed by atoms with Crippen LogP contribution in [0, 0.1) is 5.92 Å². The molecule has 0 aliphatic heterocycles. The summed E-state index contributed by atoms with van der Waals surface area (Å²) >= 11 is 0. The first-order valence-corrected chi connectivity index (χ1v) is 8.01. The number of benzene rings is 1. The second-order valence-electron chi connectivity index (χ2n) is 6.32. The average molecular weight is 302 g/mol. The van der Waals surface area contributed by atoms with Crippen molar-refractivity contribution in [1.82, 2.24) is 5.32 Å². The third-order valence-corrected chi connectivity index (χ3v) is 4.39. The summed E-state index contributed by atoms with van der Waals surface area (Å²) in [6.07, 6.45) is 4.87. The van der Waals surface area contributed by atoms with Crippen LogP contribution in [0.1, 0.15) is 48.9 Å². The summed E-state index contributed by atoms with van der Waals surface area (Å²) < 4.78 is 0. The molecule has 0 unspecified atom stereocenters. The molecule has 22 heavy (non-hydrogen) atoms. The van der Waals surface area contributed by atoms with Gasteiger partial charge in [-0.25, -0.2) is 0 Å². The molecule has 1 aromatic rings. The number of anilines is 1. The fourth-order valence-corrected chi connectivity index (χ4v) is 2.78. The fourth-order valence-electron chi connectivity index (χ4n) is 2.78. The number of carbonyl (C=O) groups is 2. The maximum atomic E-state index is 12.2. The lowest BCUT2D eigenvalue weighted by Crippen LogP contribution is -2.38. The molecule has 5 nitrogen and oxygen atoms in total. The maximum absolute atomic E-state index is 12.2. The highest BCUT2D eigenvalue weighted by molar-refractivity contribution is 5.96. The van der Waals surface area contributed by atoms with Gasteiger partial charge in [0, 0.05) is 23.2 Å². The van der Waals surface area contributed by atoms with Gasteiger partial charge in [0.15, 0.2) is 0 Å². The minimum Gasteiger partial charge on any atom is -0.393 e. The Hall–Kier alpha value is -1.88. The van der Waals surface area contributed by atoms with Gasteiger partial charge < -0.3 is 15.7 Å². The van der Waals surface area contributed by atoms with Crippen molar-refractivity contribution in [2.75, 3.05) is 5.32 Å². The molecule has 0 aromatic heterocycles. The van der Waals surface area contributed by atoms with Crippen LogP contribution in [0.4, 0.5) is 5.69 Å². The predicted molar refractivity (Wildman–Crippen MR) is 83.5 cm³/mol. The van der Waals surface area contributed by atoms with Crippen molar-refractivity contribution in [3.8, 4) is 0 Å². The lowest BCUT2D eigenvalue weighted by Gasteiger charge is -2.26. The van der Waals surface area contributed by atoms with Crippen molar-refractivity contribution in [1.29, 1.82) is 0 Å². The van der Waals surface area contributed by atoms with E-state index in [1.54, 1.807) is 24.3 Å². The molecule has 1 aromatic carbocycles. The van der Waals surface area contributed by atoms with E-state index in [1.165, 1.54) is 0 Å². The lowest BCUT2D eigenvalue weighted by atomic mass is 9.93. The number of aliphatic hydroxyl groups excluding tert-OH is 1. The van der Waals surface area contributed by atoms with Gasteiger partial charge in [-0.05, 0) is 62.8 Å². The van der Waals surface area contributed by atoms with Crippen molar-refractivity contribution in [3.05, 3.63) is 29.8 Å². The Labute approximate surface area is 130 Å². The number of hydrogen-bond donors (Lipinski definition) is 3. The SMILES string of the molecule is O=C(NC1CCC(O)CC1)c1ccc(NC(=O)C2CC2)cc1. The molecule has 0 heterocycles. The van der Waals surface area contributed by atoms with Crippen LogP contribution < -0.4 is 10.6 Å². The summed E-state index contributed by atoms with van der Waals surface area (Å²) in [4.78, 5) is 23.9. The van der Waals surface area contributed by atoms with Crippen LogP contribution in [0.15, 0.2) is 24.3 Å². The molecule has 2 aliphatic rings. The molecule has 2 fully saturated rings. The Kier molecular flexibility index (Phi) is 4.43. The summed E-state index contributed by atoms with van der Waals surface area (Å²) in [6.45, 7) is 0. The molecule has 3 N–H and O–H groups in total. The second-order valence-corrected chi connectivity index (χ2v) is 6.32.